The normalized spacial score (nSPS) is 12.2. The summed E-state index contributed by atoms with van der Waals surface area (Å²) in [6.45, 7) is 0. The van der Waals surface area contributed by atoms with Crippen molar-refractivity contribution in [3.8, 4) is 0 Å². The van der Waals surface area contributed by atoms with E-state index in [-0.39, 0.29) is 15.8 Å². The molecule has 4 nitrogen and oxygen atoms in total. The van der Waals surface area contributed by atoms with Crippen LogP contribution in [0.3, 0.4) is 0 Å². The molecule has 3 aromatic heterocycles. The van der Waals surface area contributed by atoms with E-state index in [9.17, 15) is 13.2 Å². The third-order valence-corrected chi connectivity index (χ3v) is 5.53. The monoisotopic (exact) mass is 428 g/mol. The summed E-state index contributed by atoms with van der Waals surface area (Å²) in [5.74, 6) is 0.363. The van der Waals surface area contributed by atoms with Crippen LogP contribution in [0.2, 0.25) is 10.0 Å². The quantitative estimate of drug-likeness (QED) is 0.381. The van der Waals surface area contributed by atoms with E-state index in [0.29, 0.717) is 10.8 Å². The van der Waals surface area contributed by atoms with Crippen molar-refractivity contribution in [2.24, 2.45) is 0 Å². The highest BCUT2D eigenvalue weighted by Gasteiger charge is 2.32. The molecule has 4 rings (SSSR count). The summed E-state index contributed by atoms with van der Waals surface area (Å²) in [4.78, 5) is 4.35. The smallest absolute Gasteiger partial charge is 0.276 e. The summed E-state index contributed by atoms with van der Waals surface area (Å²) in [7, 11) is 0. The van der Waals surface area contributed by atoms with Crippen LogP contribution in [0.1, 0.15) is 11.1 Å². The number of thioether (sulfide) groups is 1. The Bertz CT molecular complexity index is 1160. The summed E-state index contributed by atoms with van der Waals surface area (Å²) >= 11 is 13.4. The average Bonchev–Trinajstić information content (AvgIpc) is 3.04. The maximum atomic E-state index is 13.1. The van der Waals surface area contributed by atoms with Gasteiger partial charge in [-0.05, 0) is 18.2 Å². The fraction of sp³-hybridized carbons (Fsp3) is 0.118. The summed E-state index contributed by atoms with van der Waals surface area (Å²) in [5.41, 5.74) is 0.802. The van der Waals surface area contributed by atoms with Gasteiger partial charge in [-0.1, -0.05) is 47.1 Å². The molecule has 0 radical (unpaired) electrons. The SMILES string of the molecule is FC(F)(F)c1cc(Cl)c2nnc(SCc3c(Cl)ccc4cccnc34)n2c1. The summed E-state index contributed by atoms with van der Waals surface area (Å²) in [5, 5.41) is 9.46. The average molecular weight is 429 g/mol. The molecule has 1 aromatic carbocycles. The standard InChI is InChI=1S/C17H9Cl2F3N4S/c18-12-4-3-9-2-1-5-23-14(9)11(12)8-27-16-25-24-15-13(19)6-10(7-26(15)16)17(20,21)22/h1-7H,8H2. The fourth-order valence-electron chi connectivity index (χ4n) is 2.64. The Morgan fingerprint density at radius 1 is 1.07 bits per heavy atom. The third kappa shape index (κ3) is 3.44. The van der Waals surface area contributed by atoms with Crippen LogP contribution in [0.15, 0.2) is 47.9 Å². The number of aromatic nitrogens is 4. The summed E-state index contributed by atoms with van der Waals surface area (Å²) in [6, 6.07) is 8.20. The lowest BCUT2D eigenvalue weighted by Gasteiger charge is -2.09. The Hall–Kier alpha value is -2.03. The molecule has 138 valence electrons. The van der Waals surface area contributed by atoms with Crippen LogP contribution in [0.4, 0.5) is 13.2 Å². The topological polar surface area (TPSA) is 43.1 Å². The number of rotatable bonds is 3. The zero-order valence-electron chi connectivity index (χ0n) is 13.3. The molecule has 4 aromatic rings. The Morgan fingerprint density at radius 2 is 1.89 bits per heavy atom. The zero-order chi connectivity index (χ0) is 19.2. The number of hydrogen-bond acceptors (Lipinski definition) is 4. The van der Waals surface area contributed by atoms with Gasteiger partial charge >= 0.3 is 6.18 Å². The lowest BCUT2D eigenvalue weighted by atomic mass is 10.1. The second-order valence-electron chi connectivity index (χ2n) is 5.64. The van der Waals surface area contributed by atoms with E-state index in [4.69, 9.17) is 23.2 Å². The first-order valence-corrected chi connectivity index (χ1v) is 9.35. The summed E-state index contributed by atoms with van der Waals surface area (Å²) < 4.78 is 40.4. The third-order valence-electron chi connectivity index (χ3n) is 3.92. The van der Waals surface area contributed by atoms with E-state index in [0.717, 1.165) is 28.7 Å². The van der Waals surface area contributed by atoms with Crippen molar-refractivity contribution >= 4 is 51.5 Å². The van der Waals surface area contributed by atoms with Gasteiger partial charge in [-0.15, -0.1) is 10.2 Å². The predicted octanol–water partition coefficient (Wildman–Crippen LogP) is 5.90. The van der Waals surface area contributed by atoms with Crippen molar-refractivity contribution in [2.75, 3.05) is 0 Å². The Kier molecular flexibility index (Phi) is 4.65. The molecule has 0 fully saturated rings. The van der Waals surface area contributed by atoms with Gasteiger partial charge in [-0.3, -0.25) is 9.38 Å². The van der Waals surface area contributed by atoms with Crippen LogP contribution in [-0.4, -0.2) is 19.6 Å². The molecule has 10 heteroatoms. The molecule has 0 atom stereocenters. The molecule has 0 saturated carbocycles. The van der Waals surface area contributed by atoms with Crippen molar-refractivity contribution in [1.82, 2.24) is 19.6 Å². The van der Waals surface area contributed by atoms with Crippen LogP contribution in [0.25, 0.3) is 16.6 Å². The highest BCUT2D eigenvalue weighted by Crippen LogP contribution is 2.35. The maximum Gasteiger partial charge on any atom is 0.417 e. The highest BCUT2D eigenvalue weighted by atomic mass is 35.5. The van der Waals surface area contributed by atoms with Gasteiger partial charge in [-0.2, -0.15) is 13.2 Å². The molecular weight excluding hydrogens is 420 g/mol. The Balaban J connectivity index is 1.73. The van der Waals surface area contributed by atoms with Crippen LogP contribution >= 0.6 is 35.0 Å². The van der Waals surface area contributed by atoms with Crippen molar-refractivity contribution in [2.45, 2.75) is 17.1 Å². The lowest BCUT2D eigenvalue weighted by Crippen LogP contribution is -2.07. The van der Waals surface area contributed by atoms with Gasteiger partial charge < -0.3 is 0 Å². The number of alkyl halides is 3. The van der Waals surface area contributed by atoms with Crippen molar-refractivity contribution in [3.63, 3.8) is 0 Å². The maximum absolute atomic E-state index is 13.1. The molecule has 0 amide bonds. The van der Waals surface area contributed by atoms with E-state index in [1.807, 2.05) is 18.2 Å². The molecule has 0 aliphatic carbocycles. The van der Waals surface area contributed by atoms with Crippen LogP contribution in [-0.2, 0) is 11.9 Å². The number of pyridine rings is 2. The molecule has 0 saturated heterocycles. The van der Waals surface area contributed by atoms with E-state index in [1.54, 1.807) is 12.3 Å². The van der Waals surface area contributed by atoms with E-state index < -0.39 is 11.7 Å². The Labute approximate surface area is 165 Å². The molecule has 0 aliphatic rings. The minimum Gasteiger partial charge on any atom is -0.276 e. The molecule has 0 spiro atoms. The van der Waals surface area contributed by atoms with Gasteiger partial charge in [-0.25, -0.2) is 0 Å². The van der Waals surface area contributed by atoms with E-state index in [2.05, 4.69) is 15.2 Å². The first kappa shape index (κ1) is 18.3. The minimum atomic E-state index is -4.52. The molecular formula is C17H9Cl2F3N4S. The van der Waals surface area contributed by atoms with Crippen molar-refractivity contribution in [3.05, 3.63) is 63.9 Å². The number of nitrogens with zero attached hydrogens (tertiary/aromatic N) is 4. The van der Waals surface area contributed by atoms with Gasteiger partial charge in [0.2, 0.25) is 0 Å². The van der Waals surface area contributed by atoms with Crippen LogP contribution in [0.5, 0.6) is 0 Å². The second-order valence-corrected chi connectivity index (χ2v) is 7.40. The van der Waals surface area contributed by atoms with Crippen LogP contribution in [0, 0.1) is 0 Å². The lowest BCUT2D eigenvalue weighted by molar-refractivity contribution is -0.137. The number of fused-ring (bicyclic) bond motifs is 2. The molecule has 0 bridgehead atoms. The van der Waals surface area contributed by atoms with Gasteiger partial charge in [0.05, 0.1) is 16.1 Å². The first-order valence-electron chi connectivity index (χ1n) is 7.61. The fourth-order valence-corrected chi connectivity index (χ4v) is 4.13. The Morgan fingerprint density at radius 3 is 2.67 bits per heavy atom. The number of hydrogen-bond donors (Lipinski definition) is 0. The molecule has 0 N–H and O–H groups in total. The predicted molar refractivity (Wildman–Crippen MR) is 99.3 cm³/mol. The minimum absolute atomic E-state index is 0.117. The van der Waals surface area contributed by atoms with Gasteiger partial charge in [0.1, 0.15) is 0 Å². The molecule has 0 aliphatic heterocycles. The van der Waals surface area contributed by atoms with Gasteiger partial charge in [0.15, 0.2) is 10.8 Å². The van der Waals surface area contributed by atoms with Crippen molar-refractivity contribution < 1.29 is 13.2 Å². The van der Waals surface area contributed by atoms with Crippen molar-refractivity contribution in [1.29, 1.82) is 0 Å². The summed E-state index contributed by atoms with van der Waals surface area (Å²) in [6.07, 6.45) is -1.92. The highest BCUT2D eigenvalue weighted by molar-refractivity contribution is 7.98. The van der Waals surface area contributed by atoms with Gasteiger partial charge in [0, 0.05) is 34.1 Å². The van der Waals surface area contributed by atoms with Crippen LogP contribution < -0.4 is 0 Å². The number of benzene rings is 1. The van der Waals surface area contributed by atoms with E-state index in [1.165, 1.54) is 16.2 Å². The zero-order valence-corrected chi connectivity index (χ0v) is 15.7. The molecule has 27 heavy (non-hydrogen) atoms. The second kappa shape index (κ2) is 6.85. The molecule has 3 heterocycles. The number of halogens is 5. The molecule has 0 unspecified atom stereocenters. The van der Waals surface area contributed by atoms with E-state index >= 15 is 0 Å². The van der Waals surface area contributed by atoms with Gasteiger partial charge in [0.25, 0.3) is 0 Å². The largest absolute Gasteiger partial charge is 0.417 e. The first-order chi connectivity index (χ1) is 12.8.